The predicted octanol–water partition coefficient (Wildman–Crippen LogP) is 3.91. The van der Waals surface area contributed by atoms with Crippen molar-refractivity contribution in [3.8, 4) is 0 Å². The van der Waals surface area contributed by atoms with E-state index in [4.69, 9.17) is 0 Å². The second-order valence-electron chi connectivity index (χ2n) is 3.99. The van der Waals surface area contributed by atoms with Gasteiger partial charge in [0.25, 0.3) is 0 Å². The Morgan fingerprint density at radius 1 is 1.11 bits per heavy atom. The Hall–Kier alpha value is -1.14. The molecule has 19 heavy (non-hydrogen) atoms. The molecule has 0 unspecified atom stereocenters. The highest BCUT2D eigenvalue weighted by atomic mass is 79.9. The Balaban J connectivity index is 2.04. The Kier molecular flexibility index (Phi) is 5.15. The highest BCUT2D eigenvalue weighted by Gasteiger charge is 2.08. The Bertz CT molecular complexity index is 541. The van der Waals surface area contributed by atoms with Crippen LogP contribution in [0.15, 0.2) is 22.9 Å². The van der Waals surface area contributed by atoms with E-state index >= 15 is 0 Å². The third-order valence-electron chi connectivity index (χ3n) is 2.63. The van der Waals surface area contributed by atoms with Gasteiger partial charge in [0.15, 0.2) is 0 Å². The van der Waals surface area contributed by atoms with E-state index in [0.29, 0.717) is 0 Å². The minimum absolute atomic E-state index is 0.784. The van der Waals surface area contributed by atoms with Gasteiger partial charge in [-0.05, 0) is 41.4 Å². The minimum atomic E-state index is 0.784. The van der Waals surface area contributed by atoms with E-state index < -0.39 is 0 Å². The largest absolute Gasteiger partial charge is 0.369 e. The molecule has 4 nitrogen and oxygen atoms in total. The average Bonchev–Trinajstić information content (AvgIpc) is 2.88. The molecule has 0 amide bonds. The number of rotatable bonds is 6. The number of hydrogen-bond donors (Lipinski definition) is 2. The fourth-order valence-corrected chi connectivity index (χ4v) is 3.04. The zero-order valence-electron chi connectivity index (χ0n) is 11.0. The molecule has 0 atom stereocenters. The van der Waals surface area contributed by atoms with Gasteiger partial charge in [0.05, 0.1) is 6.54 Å². The predicted molar refractivity (Wildman–Crippen MR) is 84.9 cm³/mol. The van der Waals surface area contributed by atoms with Gasteiger partial charge in [-0.3, -0.25) is 0 Å². The standard InChI is InChI=1S/C13H17BrN4S/c1-3-9-5-6-10(19-9)7-16-13-11(14)12(15-4-2)17-8-18-13/h5-6,8H,3-4,7H2,1-2H3,(H2,15,16,17,18). The number of nitrogens with one attached hydrogen (secondary N) is 2. The van der Waals surface area contributed by atoms with Crippen LogP contribution in [-0.2, 0) is 13.0 Å². The van der Waals surface area contributed by atoms with Crippen molar-refractivity contribution in [2.45, 2.75) is 26.8 Å². The lowest BCUT2D eigenvalue weighted by molar-refractivity contribution is 1.07. The number of aromatic nitrogens is 2. The zero-order valence-corrected chi connectivity index (χ0v) is 13.4. The van der Waals surface area contributed by atoms with Gasteiger partial charge in [0.1, 0.15) is 22.4 Å². The summed E-state index contributed by atoms with van der Waals surface area (Å²) >= 11 is 5.36. The van der Waals surface area contributed by atoms with Crippen molar-refractivity contribution < 1.29 is 0 Å². The number of aryl methyl sites for hydroxylation is 1. The van der Waals surface area contributed by atoms with Gasteiger partial charge in [-0.1, -0.05) is 6.92 Å². The monoisotopic (exact) mass is 340 g/mol. The molecule has 2 aromatic rings. The van der Waals surface area contributed by atoms with Crippen LogP contribution in [0.1, 0.15) is 23.6 Å². The van der Waals surface area contributed by atoms with E-state index in [2.05, 4.69) is 55.6 Å². The molecule has 0 fully saturated rings. The first kappa shape index (κ1) is 14.3. The summed E-state index contributed by atoms with van der Waals surface area (Å²) in [5, 5.41) is 6.53. The number of nitrogens with zero attached hydrogens (tertiary/aromatic N) is 2. The summed E-state index contributed by atoms with van der Waals surface area (Å²) in [6.45, 7) is 5.83. The van der Waals surface area contributed by atoms with E-state index in [1.807, 2.05) is 18.3 Å². The minimum Gasteiger partial charge on any atom is -0.369 e. The van der Waals surface area contributed by atoms with Crippen molar-refractivity contribution in [3.05, 3.63) is 32.7 Å². The molecule has 0 aliphatic heterocycles. The summed E-state index contributed by atoms with van der Waals surface area (Å²) in [6, 6.07) is 4.34. The van der Waals surface area contributed by atoms with Crippen LogP contribution in [0.25, 0.3) is 0 Å². The molecule has 0 saturated heterocycles. The van der Waals surface area contributed by atoms with Crippen LogP contribution >= 0.6 is 27.3 Å². The van der Waals surface area contributed by atoms with Gasteiger partial charge >= 0.3 is 0 Å². The summed E-state index contributed by atoms with van der Waals surface area (Å²) in [5.74, 6) is 1.64. The summed E-state index contributed by atoms with van der Waals surface area (Å²) in [5.41, 5.74) is 0. The molecule has 0 saturated carbocycles. The highest BCUT2D eigenvalue weighted by Crippen LogP contribution is 2.27. The molecule has 0 aliphatic carbocycles. The van der Waals surface area contributed by atoms with Crippen LogP contribution in [0, 0.1) is 0 Å². The molecule has 102 valence electrons. The van der Waals surface area contributed by atoms with Gasteiger partial charge in [-0.25, -0.2) is 9.97 Å². The summed E-state index contributed by atoms with van der Waals surface area (Å²) in [4.78, 5) is 11.2. The quantitative estimate of drug-likeness (QED) is 0.836. The molecule has 6 heteroatoms. The highest BCUT2D eigenvalue weighted by molar-refractivity contribution is 9.10. The second kappa shape index (κ2) is 6.86. The van der Waals surface area contributed by atoms with Crippen molar-refractivity contribution in [1.82, 2.24) is 9.97 Å². The lowest BCUT2D eigenvalue weighted by Gasteiger charge is -2.10. The Labute approximate surface area is 125 Å². The normalized spacial score (nSPS) is 10.5. The Morgan fingerprint density at radius 2 is 1.79 bits per heavy atom. The molecule has 2 heterocycles. The Morgan fingerprint density at radius 3 is 2.42 bits per heavy atom. The van der Waals surface area contributed by atoms with E-state index in [0.717, 1.165) is 35.6 Å². The molecule has 0 radical (unpaired) electrons. The summed E-state index contributed by atoms with van der Waals surface area (Å²) < 4.78 is 0.879. The van der Waals surface area contributed by atoms with Crippen LogP contribution in [0.2, 0.25) is 0 Å². The molecule has 2 N–H and O–H groups in total. The van der Waals surface area contributed by atoms with Crippen molar-refractivity contribution in [3.63, 3.8) is 0 Å². The first-order valence-electron chi connectivity index (χ1n) is 6.30. The van der Waals surface area contributed by atoms with Crippen LogP contribution in [-0.4, -0.2) is 16.5 Å². The van der Waals surface area contributed by atoms with E-state index in [-0.39, 0.29) is 0 Å². The number of anilines is 2. The maximum atomic E-state index is 4.26. The van der Waals surface area contributed by atoms with Crippen molar-refractivity contribution in [1.29, 1.82) is 0 Å². The third-order valence-corrected chi connectivity index (χ3v) is 4.61. The van der Waals surface area contributed by atoms with Crippen molar-refractivity contribution >= 4 is 38.9 Å². The average molecular weight is 341 g/mol. The van der Waals surface area contributed by atoms with Gasteiger partial charge in [-0.2, -0.15) is 0 Å². The first-order valence-corrected chi connectivity index (χ1v) is 7.91. The van der Waals surface area contributed by atoms with Gasteiger partial charge in [0, 0.05) is 16.3 Å². The van der Waals surface area contributed by atoms with E-state index in [9.17, 15) is 0 Å². The van der Waals surface area contributed by atoms with Crippen molar-refractivity contribution in [2.24, 2.45) is 0 Å². The molecular weight excluding hydrogens is 324 g/mol. The van der Waals surface area contributed by atoms with Crippen LogP contribution in [0.5, 0.6) is 0 Å². The second-order valence-corrected chi connectivity index (χ2v) is 6.04. The fraction of sp³-hybridized carbons (Fsp3) is 0.385. The molecule has 0 spiro atoms. The molecule has 2 rings (SSSR count). The van der Waals surface area contributed by atoms with Crippen LogP contribution in [0.4, 0.5) is 11.6 Å². The lowest BCUT2D eigenvalue weighted by Crippen LogP contribution is -2.05. The SMILES string of the molecule is CCNc1ncnc(NCc2ccc(CC)s2)c1Br. The van der Waals surface area contributed by atoms with E-state index in [1.165, 1.54) is 9.75 Å². The number of halogens is 1. The van der Waals surface area contributed by atoms with Crippen molar-refractivity contribution in [2.75, 3.05) is 17.2 Å². The molecule has 0 bridgehead atoms. The number of thiophene rings is 1. The maximum Gasteiger partial charge on any atom is 0.146 e. The molecule has 0 aliphatic rings. The summed E-state index contributed by atoms with van der Waals surface area (Å²) in [6.07, 6.45) is 2.66. The fourth-order valence-electron chi connectivity index (χ4n) is 1.66. The molecular formula is C13H17BrN4S. The van der Waals surface area contributed by atoms with Gasteiger partial charge < -0.3 is 10.6 Å². The van der Waals surface area contributed by atoms with Gasteiger partial charge in [-0.15, -0.1) is 11.3 Å². The maximum absolute atomic E-state index is 4.26. The third kappa shape index (κ3) is 3.67. The van der Waals surface area contributed by atoms with E-state index in [1.54, 1.807) is 6.33 Å². The number of hydrogen-bond acceptors (Lipinski definition) is 5. The van der Waals surface area contributed by atoms with Crippen LogP contribution < -0.4 is 10.6 Å². The molecule has 0 aromatic carbocycles. The molecule has 2 aromatic heterocycles. The zero-order chi connectivity index (χ0) is 13.7. The lowest BCUT2D eigenvalue weighted by atomic mass is 10.3. The van der Waals surface area contributed by atoms with Gasteiger partial charge in [0.2, 0.25) is 0 Å². The summed E-state index contributed by atoms with van der Waals surface area (Å²) in [7, 11) is 0. The first-order chi connectivity index (χ1) is 9.24. The topological polar surface area (TPSA) is 49.8 Å². The smallest absolute Gasteiger partial charge is 0.146 e. The van der Waals surface area contributed by atoms with Crippen LogP contribution in [0.3, 0.4) is 0 Å².